The largest absolute Gasteiger partial charge is 0.490 e. The van der Waals surface area contributed by atoms with Crippen LogP contribution in [0.4, 0.5) is 0 Å². The maximum Gasteiger partial charge on any atom is 0.317 e. The van der Waals surface area contributed by atoms with Gasteiger partial charge in [0.15, 0.2) is 5.75 Å². The van der Waals surface area contributed by atoms with Crippen LogP contribution in [0.5, 0.6) is 11.8 Å². The highest BCUT2D eigenvalue weighted by Crippen LogP contribution is 2.29. The molecule has 4 nitrogen and oxygen atoms in total. The SMILES string of the molecule is CCCCCCCCOc1cnc(OCC(C)CCCCCC)nc1-c1ccccc1. The fourth-order valence-corrected chi connectivity index (χ4v) is 3.62. The van der Waals surface area contributed by atoms with Gasteiger partial charge in [0.2, 0.25) is 0 Å². The second kappa shape index (κ2) is 15.7. The van der Waals surface area contributed by atoms with Crippen molar-refractivity contribution < 1.29 is 9.47 Å². The molecular weight excluding hydrogens is 384 g/mol. The van der Waals surface area contributed by atoms with Gasteiger partial charge in [-0.15, -0.1) is 0 Å². The van der Waals surface area contributed by atoms with Crippen molar-refractivity contribution in [1.82, 2.24) is 9.97 Å². The first kappa shape index (κ1) is 25.2. The van der Waals surface area contributed by atoms with E-state index in [1.807, 2.05) is 18.2 Å². The van der Waals surface area contributed by atoms with Crippen molar-refractivity contribution in [3.05, 3.63) is 36.5 Å². The van der Waals surface area contributed by atoms with Gasteiger partial charge in [0, 0.05) is 5.56 Å². The molecule has 0 amide bonds. The number of unbranched alkanes of at least 4 members (excludes halogenated alkanes) is 8. The lowest BCUT2D eigenvalue weighted by molar-refractivity contribution is 0.230. The summed E-state index contributed by atoms with van der Waals surface area (Å²) in [5.41, 5.74) is 1.84. The van der Waals surface area contributed by atoms with Gasteiger partial charge in [-0.2, -0.15) is 9.97 Å². The average Bonchev–Trinajstić information content (AvgIpc) is 2.81. The van der Waals surface area contributed by atoms with Crippen molar-refractivity contribution in [3.8, 4) is 23.0 Å². The zero-order valence-corrected chi connectivity index (χ0v) is 19.9. The van der Waals surface area contributed by atoms with Crippen LogP contribution < -0.4 is 9.47 Å². The number of ether oxygens (including phenoxy) is 2. The number of rotatable bonds is 17. The average molecular weight is 427 g/mol. The van der Waals surface area contributed by atoms with E-state index in [4.69, 9.17) is 14.5 Å². The highest BCUT2D eigenvalue weighted by molar-refractivity contribution is 5.65. The Kier molecular flexibility index (Phi) is 12.7. The molecule has 0 spiro atoms. The number of aromatic nitrogens is 2. The first-order valence-electron chi connectivity index (χ1n) is 12.4. The number of hydrogen-bond donors (Lipinski definition) is 0. The van der Waals surface area contributed by atoms with E-state index in [-0.39, 0.29) is 0 Å². The van der Waals surface area contributed by atoms with Crippen LogP contribution in [0.1, 0.15) is 91.4 Å². The molecule has 1 aromatic carbocycles. The quantitative estimate of drug-likeness (QED) is 0.241. The topological polar surface area (TPSA) is 44.2 Å². The van der Waals surface area contributed by atoms with Crippen LogP contribution in [0.2, 0.25) is 0 Å². The smallest absolute Gasteiger partial charge is 0.317 e. The van der Waals surface area contributed by atoms with Crippen molar-refractivity contribution in [2.45, 2.75) is 91.4 Å². The van der Waals surface area contributed by atoms with Crippen LogP contribution in [0.3, 0.4) is 0 Å². The Balaban J connectivity index is 1.92. The van der Waals surface area contributed by atoms with Gasteiger partial charge < -0.3 is 9.47 Å². The molecule has 172 valence electrons. The van der Waals surface area contributed by atoms with Gasteiger partial charge in [0.05, 0.1) is 19.4 Å². The fraction of sp³-hybridized carbons (Fsp3) is 0.630. The minimum absolute atomic E-state index is 0.436. The fourth-order valence-electron chi connectivity index (χ4n) is 3.62. The van der Waals surface area contributed by atoms with Gasteiger partial charge >= 0.3 is 6.01 Å². The monoisotopic (exact) mass is 426 g/mol. The van der Waals surface area contributed by atoms with Crippen molar-refractivity contribution in [1.29, 1.82) is 0 Å². The Hall–Kier alpha value is -2.10. The van der Waals surface area contributed by atoms with Crippen LogP contribution in [0.15, 0.2) is 36.5 Å². The molecule has 0 fully saturated rings. The normalized spacial score (nSPS) is 12.0. The molecule has 0 saturated heterocycles. The van der Waals surface area contributed by atoms with Crippen molar-refractivity contribution in [2.24, 2.45) is 5.92 Å². The summed E-state index contributed by atoms with van der Waals surface area (Å²) in [4.78, 5) is 9.13. The van der Waals surface area contributed by atoms with Gasteiger partial charge in [-0.1, -0.05) is 109 Å². The van der Waals surface area contributed by atoms with E-state index in [0.717, 1.165) is 23.4 Å². The van der Waals surface area contributed by atoms with Gasteiger partial charge in [0.25, 0.3) is 0 Å². The van der Waals surface area contributed by atoms with Gasteiger partial charge in [-0.25, -0.2) is 0 Å². The highest BCUT2D eigenvalue weighted by atomic mass is 16.5. The van der Waals surface area contributed by atoms with E-state index < -0.39 is 0 Å². The summed E-state index contributed by atoms with van der Waals surface area (Å²) in [6, 6.07) is 10.6. The molecule has 2 aromatic rings. The number of nitrogens with zero attached hydrogens (tertiary/aromatic N) is 2. The molecule has 1 atom stereocenters. The Bertz CT molecular complexity index is 706. The van der Waals surface area contributed by atoms with E-state index in [1.54, 1.807) is 6.20 Å². The lowest BCUT2D eigenvalue weighted by atomic mass is 10.0. The second-order valence-corrected chi connectivity index (χ2v) is 8.61. The van der Waals surface area contributed by atoms with Crippen LogP contribution in [-0.2, 0) is 0 Å². The molecule has 4 heteroatoms. The standard InChI is InChI=1S/C27H42N2O2/c1-4-6-8-10-11-16-20-30-25-21-28-27(29-26(25)24-18-14-12-15-19-24)31-22-23(3)17-13-9-7-5-2/h12,14-15,18-19,21,23H,4-11,13,16-17,20,22H2,1-3H3. The third-order valence-corrected chi connectivity index (χ3v) is 5.58. The molecule has 1 unspecified atom stereocenters. The number of hydrogen-bond acceptors (Lipinski definition) is 4. The molecule has 1 heterocycles. The minimum atomic E-state index is 0.436. The summed E-state index contributed by atoms with van der Waals surface area (Å²) >= 11 is 0. The molecule has 31 heavy (non-hydrogen) atoms. The van der Waals surface area contributed by atoms with E-state index in [0.29, 0.717) is 25.1 Å². The molecule has 2 rings (SSSR count). The Labute approximate surface area is 189 Å². The maximum atomic E-state index is 6.07. The van der Waals surface area contributed by atoms with Crippen molar-refractivity contribution >= 4 is 0 Å². The summed E-state index contributed by atoms with van der Waals surface area (Å²) < 4.78 is 12.0. The summed E-state index contributed by atoms with van der Waals surface area (Å²) in [5.74, 6) is 1.24. The predicted octanol–water partition coefficient (Wildman–Crippen LogP) is 7.87. The van der Waals surface area contributed by atoms with Gasteiger partial charge in [-0.05, 0) is 18.8 Å². The van der Waals surface area contributed by atoms with Crippen molar-refractivity contribution in [2.75, 3.05) is 13.2 Å². The zero-order chi connectivity index (χ0) is 22.2. The summed E-state index contributed by atoms with van der Waals surface area (Å²) in [6.45, 7) is 8.08. The van der Waals surface area contributed by atoms with Crippen LogP contribution in [0.25, 0.3) is 11.3 Å². The lowest BCUT2D eigenvalue weighted by Crippen LogP contribution is -2.11. The van der Waals surface area contributed by atoms with E-state index in [2.05, 4.69) is 37.9 Å². The highest BCUT2D eigenvalue weighted by Gasteiger charge is 2.13. The Morgan fingerprint density at radius 3 is 2.23 bits per heavy atom. The second-order valence-electron chi connectivity index (χ2n) is 8.61. The molecule has 0 N–H and O–H groups in total. The van der Waals surface area contributed by atoms with E-state index in [1.165, 1.54) is 64.2 Å². The number of benzene rings is 1. The van der Waals surface area contributed by atoms with Crippen LogP contribution >= 0.6 is 0 Å². The maximum absolute atomic E-state index is 6.07. The summed E-state index contributed by atoms with van der Waals surface area (Å²) in [7, 11) is 0. The molecule has 0 bridgehead atoms. The molecular formula is C27H42N2O2. The minimum Gasteiger partial charge on any atom is -0.490 e. The molecule has 0 aliphatic rings. The predicted molar refractivity (Wildman–Crippen MR) is 130 cm³/mol. The first-order chi connectivity index (χ1) is 15.2. The van der Waals surface area contributed by atoms with Crippen LogP contribution in [-0.4, -0.2) is 23.2 Å². The Morgan fingerprint density at radius 2 is 1.48 bits per heavy atom. The molecule has 0 saturated carbocycles. The molecule has 0 aliphatic carbocycles. The zero-order valence-electron chi connectivity index (χ0n) is 19.9. The third-order valence-electron chi connectivity index (χ3n) is 5.58. The first-order valence-corrected chi connectivity index (χ1v) is 12.4. The summed E-state index contributed by atoms with van der Waals surface area (Å²) in [6.07, 6.45) is 15.6. The van der Waals surface area contributed by atoms with Gasteiger partial charge in [-0.3, -0.25) is 0 Å². The van der Waals surface area contributed by atoms with E-state index in [9.17, 15) is 0 Å². The molecule has 1 aromatic heterocycles. The summed E-state index contributed by atoms with van der Waals surface area (Å²) in [5, 5.41) is 0. The lowest BCUT2D eigenvalue weighted by Gasteiger charge is -2.14. The van der Waals surface area contributed by atoms with E-state index >= 15 is 0 Å². The van der Waals surface area contributed by atoms with Gasteiger partial charge in [0.1, 0.15) is 5.69 Å². The molecule has 0 radical (unpaired) electrons. The van der Waals surface area contributed by atoms with Crippen molar-refractivity contribution in [3.63, 3.8) is 0 Å². The third kappa shape index (κ3) is 10.2. The Morgan fingerprint density at radius 1 is 0.806 bits per heavy atom. The van der Waals surface area contributed by atoms with Crippen LogP contribution in [0, 0.1) is 5.92 Å². The molecule has 0 aliphatic heterocycles.